The van der Waals surface area contributed by atoms with Gasteiger partial charge in [0.1, 0.15) is 0 Å². The topological polar surface area (TPSA) is 58.9 Å². The van der Waals surface area contributed by atoms with Crippen LogP contribution in [0.2, 0.25) is 0 Å². The Labute approximate surface area is 127 Å². The van der Waals surface area contributed by atoms with Crippen LogP contribution in [-0.2, 0) is 9.47 Å². The van der Waals surface area contributed by atoms with Gasteiger partial charge in [0.2, 0.25) is 0 Å². The maximum absolute atomic E-state index is 10.3. The van der Waals surface area contributed by atoms with Crippen molar-refractivity contribution in [3.63, 3.8) is 0 Å². The molecule has 0 aromatic heterocycles. The Balaban J connectivity index is 1.60. The fraction of sp³-hybridized carbons (Fsp3) is 1.00. The third-order valence-corrected chi connectivity index (χ3v) is 5.66. The van der Waals surface area contributed by atoms with Gasteiger partial charge < -0.3 is 19.7 Å². The standard InChI is InChI=1S/C17H30O4/c1-2-3-4-5-6-14-15-10-7-11-12(18)8-9-13(19)16(11)17(20-14)21-15/h11-19H,2-10H2,1H3/t11-,12+,13-,14+,15-,16?,17?/m1/s1. The maximum Gasteiger partial charge on any atom is 0.164 e. The highest BCUT2D eigenvalue weighted by molar-refractivity contribution is 4.95. The minimum atomic E-state index is -0.388. The Kier molecular flexibility index (Phi) is 5.20. The lowest BCUT2D eigenvalue weighted by molar-refractivity contribution is -0.170. The molecule has 0 spiro atoms. The molecule has 2 bridgehead atoms. The second-order valence-corrected chi connectivity index (χ2v) is 7.10. The van der Waals surface area contributed by atoms with E-state index in [1.54, 1.807) is 0 Å². The lowest BCUT2D eigenvalue weighted by Gasteiger charge is -2.40. The van der Waals surface area contributed by atoms with E-state index in [9.17, 15) is 10.2 Å². The Bertz CT molecular complexity index is 335. The minimum absolute atomic E-state index is 0.0422. The molecule has 4 nitrogen and oxygen atoms in total. The molecule has 0 aromatic rings. The van der Waals surface area contributed by atoms with Gasteiger partial charge in [-0.25, -0.2) is 0 Å². The Morgan fingerprint density at radius 2 is 1.71 bits per heavy atom. The van der Waals surface area contributed by atoms with Gasteiger partial charge in [0.05, 0.1) is 24.4 Å². The van der Waals surface area contributed by atoms with Gasteiger partial charge in [-0.15, -0.1) is 0 Å². The van der Waals surface area contributed by atoms with E-state index in [2.05, 4.69) is 6.92 Å². The highest BCUT2D eigenvalue weighted by Gasteiger charge is 2.51. The molecule has 2 saturated heterocycles. The van der Waals surface area contributed by atoms with Crippen molar-refractivity contribution in [2.45, 2.75) is 95.4 Å². The molecule has 3 fully saturated rings. The minimum Gasteiger partial charge on any atom is -0.393 e. The molecule has 2 aliphatic heterocycles. The molecule has 0 radical (unpaired) electrons. The molecule has 2 unspecified atom stereocenters. The monoisotopic (exact) mass is 298 g/mol. The van der Waals surface area contributed by atoms with Crippen molar-refractivity contribution in [1.29, 1.82) is 0 Å². The fourth-order valence-electron chi connectivity index (χ4n) is 4.43. The number of aliphatic hydroxyl groups excluding tert-OH is 2. The van der Waals surface area contributed by atoms with Crippen LogP contribution in [0.25, 0.3) is 0 Å². The summed E-state index contributed by atoms with van der Waals surface area (Å²) in [6.07, 6.45) is 8.73. The van der Waals surface area contributed by atoms with E-state index >= 15 is 0 Å². The summed E-state index contributed by atoms with van der Waals surface area (Å²) in [7, 11) is 0. The summed E-state index contributed by atoms with van der Waals surface area (Å²) in [5.74, 6) is 0.101. The SMILES string of the molecule is CCCCCC[C@@H]1OC2O[C@@H]1CC[C@H]1C2[C@H](O)CC[C@@H]1O. The van der Waals surface area contributed by atoms with E-state index in [1.165, 1.54) is 25.7 Å². The Morgan fingerprint density at radius 3 is 2.52 bits per heavy atom. The molecule has 21 heavy (non-hydrogen) atoms. The first-order valence-corrected chi connectivity index (χ1v) is 8.87. The van der Waals surface area contributed by atoms with Crippen molar-refractivity contribution in [1.82, 2.24) is 0 Å². The molecule has 122 valence electrons. The zero-order valence-corrected chi connectivity index (χ0v) is 13.1. The second kappa shape index (κ2) is 6.95. The molecule has 1 aliphatic carbocycles. The van der Waals surface area contributed by atoms with Gasteiger partial charge in [0.15, 0.2) is 6.29 Å². The average molecular weight is 298 g/mol. The first-order valence-electron chi connectivity index (χ1n) is 8.87. The summed E-state index contributed by atoms with van der Waals surface area (Å²) in [5.41, 5.74) is 0. The van der Waals surface area contributed by atoms with Crippen molar-refractivity contribution in [2.24, 2.45) is 11.8 Å². The summed E-state index contributed by atoms with van der Waals surface area (Å²) < 4.78 is 12.2. The van der Waals surface area contributed by atoms with Crippen molar-refractivity contribution >= 4 is 0 Å². The van der Waals surface area contributed by atoms with Gasteiger partial charge in [-0.2, -0.15) is 0 Å². The molecule has 0 aromatic carbocycles. The van der Waals surface area contributed by atoms with Crippen LogP contribution in [0.1, 0.15) is 64.7 Å². The van der Waals surface area contributed by atoms with Crippen LogP contribution >= 0.6 is 0 Å². The second-order valence-electron chi connectivity index (χ2n) is 7.10. The van der Waals surface area contributed by atoms with E-state index in [0.29, 0.717) is 12.8 Å². The van der Waals surface area contributed by atoms with Crippen LogP contribution < -0.4 is 0 Å². The van der Waals surface area contributed by atoms with E-state index in [1.807, 2.05) is 0 Å². The maximum atomic E-state index is 10.3. The van der Waals surface area contributed by atoms with Crippen LogP contribution in [0, 0.1) is 11.8 Å². The van der Waals surface area contributed by atoms with E-state index in [4.69, 9.17) is 9.47 Å². The predicted octanol–water partition coefficient (Wildman–Crippen LogP) is 2.61. The summed E-state index contributed by atoms with van der Waals surface area (Å²) in [4.78, 5) is 0. The first-order chi connectivity index (χ1) is 10.2. The molecule has 1 saturated carbocycles. The predicted molar refractivity (Wildman–Crippen MR) is 79.8 cm³/mol. The molecule has 4 heteroatoms. The number of aliphatic hydroxyl groups is 2. The summed E-state index contributed by atoms with van der Waals surface area (Å²) >= 11 is 0. The third kappa shape index (κ3) is 3.29. The smallest absolute Gasteiger partial charge is 0.164 e. The number of rotatable bonds is 5. The van der Waals surface area contributed by atoms with Gasteiger partial charge in [-0.3, -0.25) is 0 Å². The van der Waals surface area contributed by atoms with Gasteiger partial charge in [0, 0.05) is 5.92 Å². The van der Waals surface area contributed by atoms with Gasteiger partial charge >= 0.3 is 0 Å². The van der Waals surface area contributed by atoms with Crippen molar-refractivity contribution < 1.29 is 19.7 Å². The molecular weight excluding hydrogens is 268 g/mol. The summed E-state index contributed by atoms with van der Waals surface area (Å²) in [5, 5.41) is 20.5. The third-order valence-electron chi connectivity index (χ3n) is 5.66. The average Bonchev–Trinajstić information content (AvgIpc) is 2.75. The fourth-order valence-corrected chi connectivity index (χ4v) is 4.43. The molecule has 0 amide bonds. The lowest BCUT2D eigenvalue weighted by Crippen LogP contribution is -2.47. The zero-order chi connectivity index (χ0) is 14.8. The Hall–Kier alpha value is -0.160. The van der Waals surface area contributed by atoms with Crippen LogP contribution in [0.3, 0.4) is 0 Å². The van der Waals surface area contributed by atoms with Crippen LogP contribution in [0.15, 0.2) is 0 Å². The highest BCUT2D eigenvalue weighted by Crippen LogP contribution is 2.45. The van der Waals surface area contributed by atoms with Crippen molar-refractivity contribution in [2.75, 3.05) is 0 Å². The lowest BCUT2D eigenvalue weighted by atomic mass is 9.72. The molecule has 3 rings (SSSR count). The van der Waals surface area contributed by atoms with Crippen LogP contribution in [-0.4, -0.2) is 40.9 Å². The van der Waals surface area contributed by atoms with Gasteiger partial charge in [0.25, 0.3) is 0 Å². The number of ether oxygens (including phenoxy) is 2. The summed E-state index contributed by atoms with van der Waals surface area (Å²) in [6.45, 7) is 2.22. The quantitative estimate of drug-likeness (QED) is 0.766. The molecule has 2 N–H and O–H groups in total. The highest BCUT2D eigenvalue weighted by atomic mass is 16.7. The van der Waals surface area contributed by atoms with E-state index in [-0.39, 0.29) is 42.5 Å². The number of unbranched alkanes of at least 4 members (excludes halogenated alkanes) is 3. The zero-order valence-electron chi connectivity index (χ0n) is 13.1. The van der Waals surface area contributed by atoms with Crippen molar-refractivity contribution in [3.8, 4) is 0 Å². The number of hydrogen-bond donors (Lipinski definition) is 2. The number of fused-ring (bicyclic) bond motifs is 4. The van der Waals surface area contributed by atoms with Crippen LogP contribution in [0.4, 0.5) is 0 Å². The van der Waals surface area contributed by atoms with Crippen LogP contribution in [0.5, 0.6) is 0 Å². The van der Waals surface area contributed by atoms with E-state index in [0.717, 1.165) is 19.3 Å². The first kappa shape index (κ1) is 15.7. The van der Waals surface area contributed by atoms with Gasteiger partial charge in [-0.1, -0.05) is 32.6 Å². The van der Waals surface area contributed by atoms with Crippen molar-refractivity contribution in [3.05, 3.63) is 0 Å². The number of hydrogen-bond acceptors (Lipinski definition) is 4. The largest absolute Gasteiger partial charge is 0.393 e. The molecule has 2 heterocycles. The van der Waals surface area contributed by atoms with Gasteiger partial charge in [-0.05, 0) is 38.0 Å². The molecular formula is C17H30O4. The Morgan fingerprint density at radius 1 is 0.905 bits per heavy atom. The molecule has 7 atom stereocenters. The normalized spacial score (nSPS) is 46.1. The van der Waals surface area contributed by atoms with E-state index < -0.39 is 0 Å². The molecule has 3 aliphatic rings. The summed E-state index contributed by atoms with van der Waals surface area (Å²) in [6, 6.07) is 0.